The van der Waals surface area contributed by atoms with E-state index in [-0.39, 0.29) is 0 Å². The van der Waals surface area contributed by atoms with Crippen molar-refractivity contribution >= 4 is 17.1 Å². The molecule has 0 bridgehead atoms. The van der Waals surface area contributed by atoms with Crippen molar-refractivity contribution in [2.75, 3.05) is 12.0 Å². The molecule has 0 aromatic heterocycles. The van der Waals surface area contributed by atoms with E-state index in [4.69, 9.17) is 4.74 Å². The molecule has 4 aromatic carbocycles. The minimum absolute atomic E-state index is 0.294. The first kappa shape index (κ1) is 20.5. The summed E-state index contributed by atoms with van der Waals surface area (Å²) in [6.07, 6.45) is 0.826. The standard InChI is InChI=1S/C28H27NO2/c1-20-4-9-26(18-21(20)2)29(25-12-16-28(31-3)17-13-25)24-10-5-22(6-11-24)19-23-7-14-27(30)15-8-23/h4-18,30H,19H2,1-3H3. The highest BCUT2D eigenvalue weighted by atomic mass is 16.5. The smallest absolute Gasteiger partial charge is 0.119 e. The Bertz CT molecular complexity index is 1150. The van der Waals surface area contributed by atoms with Gasteiger partial charge >= 0.3 is 0 Å². The lowest BCUT2D eigenvalue weighted by molar-refractivity contribution is 0.415. The Morgan fingerprint density at radius 2 is 1.16 bits per heavy atom. The minimum Gasteiger partial charge on any atom is -0.508 e. The molecule has 4 aromatic rings. The Kier molecular flexibility index (Phi) is 5.94. The van der Waals surface area contributed by atoms with Crippen LogP contribution in [0, 0.1) is 13.8 Å². The lowest BCUT2D eigenvalue weighted by Gasteiger charge is -2.26. The molecule has 0 heterocycles. The fourth-order valence-corrected chi connectivity index (χ4v) is 3.66. The molecule has 3 heteroatoms. The van der Waals surface area contributed by atoms with E-state index in [1.165, 1.54) is 22.3 Å². The Labute approximate surface area is 184 Å². The Balaban J connectivity index is 1.68. The number of nitrogens with zero attached hydrogens (tertiary/aromatic N) is 1. The predicted octanol–water partition coefficient (Wildman–Crippen LogP) is 7.08. The lowest BCUT2D eigenvalue weighted by atomic mass is 10.0. The summed E-state index contributed by atoms with van der Waals surface area (Å²) >= 11 is 0. The van der Waals surface area contributed by atoms with Crippen LogP contribution in [0.1, 0.15) is 22.3 Å². The highest BCUT2D eigenvalue weighted by Crippen LogP contribution is 2.36. The van der Waals surface area contributed by atoms with Crippen LogP contribution in [0.2, 0.25) is 0 Å². The van der Waals surface area contributed by atoms with Gasteiger partial charge in [-0.05, 0) is 103 Å². The topological polar surface area (TPSA) is 32.7 Å². The van der Waals surface area contributed by atoms with Gasteiger partial charge in [0.2, 0.25) is 0 Å². The number of ether oxygens (including phenoxy) is 1. The molecule has 1 N–H and O–H groups in total. The van der Waals surface area contributed by atoms with Crippen LogP contribution in [0.4, 0.5) is 17.1 Å². The molecular formula is C28H27NO2. The van der Waals surface area contributed by atoms with E-state index in [0.717, 1.165) is 29.2 Å². The Morgan fingerprint density at radius 3 is 1.71 bits per heavy atom. The van der Waals surface area contributed by atoms with Crippen molar-refractivity contribution in [3.05, 3.63) is 113 Å². The summed E-state index contributed by atoms with van der Waals surface area (Å²) in [6.45, 7) is 4.28. The van der Waals surface area contributed by atoms with E-state index in [1.54, 1.807) is 19.2 Å². The van der Waals surface area contributed by atoms with Gasteiger partial charge in [0.1, 0.15) is 11.5 Å². The van der Waals surface area contributed by atoms with Gasteiger partial charge in [0.15, 0.2) is 0 Å². The molecule has 0 amide bonds. The summed E-state index contributed by atoms with van der Waals surface area (Å²) in [4.78, 5) is 2.26. The maximum atomic E-state index is 9.49. The zero-order valence-electron chi connectivity index (χ0n) is 18.2. The number of hydrogen-bond acceptors (Lipinski definition) is 3. The third-order valence-corrected chi connectivity index (χ3v) is 5.62. The second-order valence-corrected chi connectivity index (χ2v) is 7.81. The van der Waals surface area contributed by atoms with Crippen LogP contribution in [0.15, 0.2) is 91.0 Å². The van der Waals surface area contributed by atoms with Crippen LogP contribution in [-0.4, -0.2) is 12.2 Å². The molecule has 4 rings (SSSR count). The van der Waals surface area contributed by atoms with Crippen LogP contribution in [0.25, 0.3) is 0 Å². The third-order valence-electron chi connectivity index (χ3n) is 5.62. The van der Waals surface area contributed by atoms with E-state index in [2.05, 4.69) is 73.3 Å². The Hall–Kier alpha value is -3.72. The largest absolute Gasteiger partial charge is 0.508 e. The van der Waals surface area contributed by atoms with Gasteiger partial charge in [-0.2, -0.15) is 0 Å². The second kappa shape index (κ2) is 8.97. The van der Waals surface area contributed by atoms with E-state index in [9.17, 15) is 5.11 Å². The molecular weight excluding hydrogens is 382 g/mol. The number of hydrogen-bond donors (Lipinski definition) is 1. The number of phenolic OH excluding ortho intramolecular Hbond substituents is 1. The third kappa shape index (κ3) is 4.72. The molecule has 0 spiro atoms. The van der Waals surface area contributed by atoms with Crippen molar-refractivity contribution in [2.45, 2.75) is 20.3 Å². The summed E-state index contributed by atoms with van der Waals surface area (Å²) in [7, 11) is 1.68. The molecule has 3 nitrogen and oxygen atoms in total. The van der Waals surface area contributed by atoms with E-state index in [0.29, 0.717) is 5.75 Å². The van der Waals surface area contributed by atoms with Crippen molar-refractivity contribution in [3.8, 4) is 11.5 Å². The summed E-state index contributed by atoms with van der Waals surface area (Å²) < 4.78 is 5.34. The quantitative estimate of drug-likeness (QED) is 0.369. The van der Waals surface area contributed by atoms with Crippen molar-refractivity contribution in [1.29, 1.82) is 0 Å². The first-order valence-corrected chi connectivity index (χ1v) is 10.4. The molecule has 0 radical (unpaired) electrons. The number of benzene rings is 4. The maximum Gasteiger partial charge on any atom is 0.119 e. The van der Waals surface area contributed by atoms with Crippen molar-refractivity contribution < 1.29 is 9.84 Å². The number of phenols is 1. The van der Waals surface area contributed by atoms with E-state index < -0.39 is 0 Å². The van der Waals surface area contributed by atoms with Crippen LogP contribution >= 0.6 is 0 Å². The first-order chi connectivity index (χ1) is 15.0. The molecule has 156 valence electrons. The average Bonchev–Trinajstić information content (AvgIpc) is 2.79. The van der Waals surface area contributed by atoms with Crippen LogP contribution in [-0.2, 0) is 6.42 Å². The molecule has 0 saturated carbocycles. The average molecular weight is 410 g/mol. The fraction of sp³-hybridized carbons (Fsp3) is 0.143. The van der Waals surface area contributed by atoms with Gasteiger partial charge in [0, 0.05) is 17.1 Å². The minimum atomic E-state index is 0.294. The number of methoxy groups -OCH3 is 1. The predicted molar refractivity (Wildman–Crippen MR) is 128 cm³/mol. The maximum absolute atomic E-state index is 9.49. The Morgan fingerprint density at radius 1 is 0.645 bits per heavy atom. The van der Waals surface area contributed by atoms with Crippen LogP contribution in [0.3, 0.4) is 0 Å². The van der Waals surface area contributed by atoms with Gasteiger partial charge in [-0.1, -0.05) is 30.3 Å². The summed E-state index contributed by atoms with van der Waals surface area (Å²) in [5.41, 5.74) is 8.25. The SMILES string of the molecule is COc1ccc(N(c2ccc(Cc3ccc(O)cc3)cc2)c2ccc(C)c(C)c2)cc1. The monoisotopic (exact) mass is 409 g/mol. The summed E-state index contributed by atoms with van der Waals surface area (Å²) in [5.74, 6) is 1.13. The molecule has 0 atom stereocenters. The van der Waals surface area contributed by atoms with Crippen molar-refractivity contribution in [3.63, 3.8) is 0 Å². The van der Waals surface area contributed by atoms with E-state index in [1.807, 2.05) is 24.3 Å². The molecule has 0 aliphatic carbocycles. The molecule has 31 heavy (non-hydrogen) atoms. The number of anilines is 3. The normalized spacial score (nSPS) is 10.7. The van der Waals surface area contributed by atoms with Gasteiger partial charge in [-0.3, -0.25) is 0 Å². The van der Waals surface area contributed by atoms with Crippen LogP contribution in [0.5, 0.6) is 11.5 Å². The highest BCUT2D eigenvalue weighted by Gasteiger charge is 2.13. The zero-order valence-corrected chi connectivity index (χ0v) is 18.2. The van der Waals surface area contributed by atoms with E-state index >= 15 is 0 Å². The lowest BCUT2D eigenvalue weighted by Crippen LogP contribution is -2.10. The van der Waals surface area contributed by atoms with Crippen LogP contribution < -0.4 is 9.64 Å². The van der Waals surface area contributed by atoms with Gasteiger partial charge in [0.05, 0.1) is 7.11 Å². The zero-order chi connectivity index (χ0) is 21.8. The van der Waals surface area contributed by atoms with Gasteiger partial charge < -0.3 is 14.7 Å². The molecule has 0 fully saturated rings. The van der Waals surface area contributed by atoms with Gasteiger partial charge in [-0.15, -0.1) is 0 Å². The molecule has 0 unspecified atom stereocenters. The fourth-order valence-electron chi connectivity index (χ4n) is 3.66. The van der Waals surface area contributed by atoms with Crippen molar-refractivity contribution in [2.24, 2.45) is 0 Å². The second-order valence-electron chi connectivity index (χ2n) is 7.81. The molecule has 0 aliphatic heterocycles. The highest BCUT2D eigenvalue weighted by molar-refractivity contribution is 5.77. The van der Waals surface area contributed by atoms with Gasteiger partial charge in [-0.25, -0.2) is 0 Å². The number of rotatable bonds is 6. The number of aromatic hydroxyl groups is 1. The molecule has 0 saturated heterocycles. The number of aryl methyl sites for hydroxylation is 2. The summed E-state index contributed by atoms with van der Waals surface area (Å²) in [5, 5.41) is 9.49. The first-order valence-electron chi connectivity index (χ1n) is 10.4. The van der Waals surface area contributed by atoms with Gasteiger partial charge in [0.25, 0.3) is 0 Å². The molecule has 0 aliphatic rings. The van der Waals surface area contributed by atoms with Crippen molar-refractivity contribution in [1.82, 2.24) is 0 Å². The summed E-state index contributed by atoms with van der Waals surface area (Å²) in [6, 6.07) is 30.7.